The van der Waals surface area contributed by atoms with Crippen molar-refractivity contribution in [1.82, 2.24) is 4.98 Å². The first-order valence-corrected chi connectivity index (χ1v) is 14.0. The maximum atomic E-state index is 5.18. The summed E-state index contributed by atoms with van der Waals surface area (Å²) in [6.45, 7) is 4.29. The van der Waals surface area contributed by atoms with E-state index < -0.39 is 0 Å². The standard InChI is InChI=1S/C38H29N2/c1-24-12-4-5-13-27(24)37-25(2)39-36(23-40(37)3)26-20-21-31-30-16-8-11-19-34(30)38(35(31)22-26)32-17-9-6-14-28(32)29-15-7-10-18-33(29)38/h4-23H,1-3H3/q+1. The Kier molecular flexibility index (Phi) is 4.82. The third kappa shape index (κ3) is 2.94. The van der Waals surface area contributed by atoms with Gasteiger partial charge in [0.15, 0.2) is 6.20 Å². The number of aromatic nitrogens is 2. The fourth-order valence-electron chi connectivity index (χ4n) is 7.38. The lowest BCUT2D eigenvalue weighted by Gasteiger charge is -2.30. The van der Waals surface area contributed by atoms with Gasteiger partial charge in [0.05, 0.1) is 11.0 Å². The molecule has 0 saturated heterocycles. The van der Waals surface area contributed by atoms with Gasteiger partial charge in [0.1, 0.15) is 18.4 Å². The quantitative estimate of drug-likeness (QED) is 0.213. The summed E-state index contributed by atoms with van der Waals surface area (Å²) in [7, 11) is 2.13. The van der Waals surface area contributed by atoms with Crippen LogP contribution in [0.5, 0.6) is 0 Å². The molecule has 0 bridgehead atoms. The minimum atomic E-state index is -0.340. The van der Waals surface area contributed by atoms with Gasteiger partial charge in [0.2, 0.25) is 5.69 Å². The van der Waals surface area contributed by atoms with E-state index in [-0.39, 0.29) is 5.41 Å². The van der Waals surface area contributed by atoms with Gasteiger partial charge in [-0.3, -0.25) is 0 Å². The van der Waals surface area contributed by atoms with Gasteiger partial charge < -0.3 is 0 Å². The van der Waals surface area contributed by atoms with Gasteiger partial charge in [-0.2, -0.15) is 4.57 Å². The molecule has 0 N–H and O–H groups in total. The van der Waals surface area contributed by atoms with Crippen LogP contribution in [0.1, 0.15) is 33.5 Å². The second-order valence-corrected chi connectivity index (χ2v) is 11.1. The molecule has 0 saturated carbocycles. The molecule has 0 atom stereocenters. The Morgan fingerprint density at radius 2 is 1.05 bits per heavy atom. The van der Waals surface area contributed by atoms with Crippen LogP contribution in [-0.4, -0.2) is 4.98 Å². The van der Waals surface area contributed by atoms with E-state index in [9.17, 15) is 0 Å². The van der Waals surface area contributed by atoms with Gasteiger partial charge >= 0.3 is 0 Å². The highest BCUT2D eigenvalue weighted by Gasteiger charge is 2.51. The van der Waals surface area contributed by atoms with E-state index in [0.29, 0.717) is 0 Å². The lowest BCUT2D eigenvalue weighted by atomic mass is 9.70. The third-order valence-electron chi connectivity index (χ3n) is 8.99. The summed E-state index contributed by atoms with van der Waals surface area (Å²) in [6, 6.07) is 42.4. The van der Waals surface area contributed by atoms with Crippen molar-refractivity contribution in [3.05, 3.63) is 155 Å². The lowest BCUT2D eigenvalue weighted by Crippen LogP contribution is -2.33. The molecule has 2 aliphatic rings. The van der Waals surface area contributed by atoms with Gasteiger partial charge in [0, 0.05) is 5.56 Å². The summed E-state index contributed by atoms with van der Waals surface area (Å²) >= 11 is 0. The number of hydrogen-bond acceptors (Lipinski definition) is 1. The number of benzene rings is 5. The van der Waals surface area contributed by atoms with Crippen LogP contribution in [0.2, 0.25) is 0 Å². The molecule has 0 fully saturated rings. The van der Waals surface area contributed by atoms with E-state index in [1.165, 1.54) is 55.6 Å². The van der Waals surface area contributed by atoms with Crippen molar-refractivity contribution in [2.75, 3.05) is 0 Å². The molecule has 0 radical (unpaired) electrons. The normalized spacial score (nSPS) is 13.6. The molecular formula is C38H29N2+. The predicted molar refractivity (Wildman–Crippen MR) is 162 cm³/mol. The summed E-state index contributed by atoms with van der Waals surface area (Å²) in [5.41, 5.74) is 17.2. The van der Waals surface area contributed by atoms with Crippen LogP contribution in [0.3, 0.4) is 0 Å². The summed E-state index contributed by atoms with van der Waals surface area (Å²) in [6.07, 6.45) is 2.18. The molecule has 2 heteroatoms. The molecule has 2 nitrogen and oxygen atoms in total. The fourth-order valence-corrected chi connectivity index (χ4v) is 7.38. The topological polar surface area (TPSA) is 16.8 Å². The largest absolute Gasteiger partial charge is 0.240 e. The Hall–Kier alpha value is -4.82. The Bertz CT molecular complexity index is 1910. The second kappa shape index (κ2) is 8.34. The highest BCUT2D eigenvalue weighted by Crippen LogP contribution is 2.62. The molecule has 1 spiro atoms. The van der Waals surface area contributed by atoms with Gasteiger partial charge in [-0.15, -0.1) is 0 Å². The van der Waals surface area contributed by atoms with Crippen molar-refractivity contribution in [3.63, 3.8) is 0 Å². The molecule has 0 unspecified atom stereocenters. The minimum absolute atomic E-state index is 0.340. The minimum Gasteiger partial charge on any atom is -0.240 e. The van der Waals surface area contributed by atoms with Crippen LogP contribution in [0, 0.1) is 13.8 Å². The number of rotatable bonds is 2. The monoisotopic (exact) mass is 513 g/mol. The van der Waals surface area contributed by atoms with E-state index in [1.54, 1.807) is 0 Å². The van der Waals surface area contributed by atoms with Crippen molar-refractivity contribution in [2.24, 2.45) is 7.05 Å². The van der Waals surface area contributed by atoms with Crippen LogP contribution >= 0.6 is 0 Å². The zero-order valence-corrected chi connectivity index (χ0v) is 22.9. The van der Waals surface area contributed by atoms with E-state index in [2.05, 4.69) is 147 Å². The van der Waals surface area contributed by atoms with E-state index in [0.717, 1.165) is 22.6 Å². The van der Waals surface area contributed by atoms with Crippen LogP contribution in [0.25, 0.3) is 44.8 Å². The molecule has 2 aliphatic carbocycles. The molecule has 8 rings (SSSR count). The zero-order chi connectivity index (χ0) is 27.0. The molecule has 1 aromatic heterocycles. The van der Waals surface area contributed by atoms with Crippen molar-refractivity contribution >= 4 is 0 Å². The molecule has 0 aliphatic heterocycles. The van der Waals surface area contributed by atoms with Gasteiger partial charge in [-0.05, 0) is 76.1 Å². The Morgan fingerprint density at radius 1 is 0.550 bits per heavy atom. The van der Waals surface area contributed by atoms with E-state index in [1.807, 2.05) is 0 Å². The Labute approximate surface area is 235 Å². The van der Waals surface area contributed by atoms with Crippen LogP contribution in [0.15, 0.2) is 121 Å². The first-order valence-electron chi connectivity index (χ1n) is 14.0. The SMILES string of the molecule is Cc1ccccc1-c1c(C)nc(-c2ccc3c(c2)C2(c4ccccc4-c4ccccc42)c2ccccc2-3)c[n+]1C. The first kappa shape index (κ1) is 23.1. The number of aryl methyl sites for hydroxylation is 3. The summed E-state index contributed by atoms with van der Waals surface area (Å²) in [5.74, 6) is 0. The molecule has 6 aromatic rings. The predicted octanol–water partition coefficient (Wildman–Crippen LogP) is 8.20. The molecule has 40 heavy (non-hydrogen) atoms. The molecule has 190 valence electrons. The van der Waals surface area contributed by atoms with Crippen molar-refractivity contribution < 1.29 is 4.57 Å². The number of hydrogen-bond donors (Lipinski definition) is 0. The van der Waals surface area contributed by atoms with Crippen molar-refractivity contribution in [2.45, 2.75) is 19.3 Å². The van der Waals surface area contributed by atoms with Crippen LogP contribution in [0.4, 0.5) is 0 Å². The number of fused-ring (bicyclic) bond motifs is 10. The smallest absolute Gasteiger partial charge is 0.233 e. The highest BCUT2D eigenvalue weighted by atomic mass is 15.0. The summed E-state index contributed by atoms with van der Waals surface area (Å²) in [5, 5.41) is 0. The second-order valence-electron chi connectivity index (χ2n) is 11.1. The fraction of sp³-hybridized carbons (Fsp3) is 0.105. The average molecular weight is 514 g/mol. The lowest BCUT2D eigenvalue weighted by molar-refractivity contribution is -0.660. The summed E-state index contributed by atoms with van der Waals surface area (Å²) in [4.78, 5) is 5.18. The molecule has 5 aromatic carbocycles. The van der Waals surface area contributed by atoms with Crippen LogP contribution in [-0.2, 0) is 12.5 Å². The maximum Gasteiger partial charge on any atom is 0.233 e. The Balaban J connectivity index is 1.39. The summed E-state index contributed by atoms with van der Waals surface area (Å²) < 4.78 is 2.23. The van der Waals surface area contributed by atoms with Gasteiger partial charge in [-0.1, -0.05) is 103 Å². The van der Waals surface area contributed by atoms with Crippen molar-refractivity contribution in [3.8, 4) is 44.8 Å². The molecule has 0 amide bonds. The molecular weight excluding hydrogens is 484 g/mol. The third-order valence-corrected chi connectivity index (χ3v) is 8.99. The van der Waals surface area contributed by atoms with Crippen LogP contribution < -0.4 is 4.57 Å². The maximum absolute atomic E-state index is 5.18. The van der Waals surface area contributed by atoms with Gasteiger partial charge in [0.25, 0.3) is 0 Å². The zero-order valence-electron chi connectivity index (χ0n) is 22.9. The first-order chi connectivity index (χ1) is 19.6. The average Bonchev–Trinajstić information content (AvgIpc) is 3.45. The Morgan fingerprint density at radius 3 is 1.60 bits per heavy atom. The highest BCUT2D eigenvalue weighted by molar-refractivity contribution is 5.95. The van der Waals surface area contributed by atoms with Gasteiger partial charge in [-0.25, -0.2) is 4.98 Å². The number of nitrogens with zero attached hydrogens (tertiary/aromatic N) is 2. The van der Waals surface area contributed by atoms with E-state index in [4.69, 9.17) is 4.98 Å². The van der Waals surface area contributed by atoms with Crippen molar-refractivity contribution in [1.29, 1.82) is 0 Å². The van der Waals surface area contributed by atoms with E-state index >= 15 is 0 Å². The molecule has 1 heterocycles.